The number of fused-ring (bicyclic) bond motifs is 3. The number of allylic oxidation sites excluding steroid dienone is 2. The zero-order valence-electron chi connectivity index (χ0n) is 24.3. The van der Waals surface area contributed by atoms with E-state index in [0.717, 1.165) is 22.7 Å². The molecule has 43 heavy (non-hydrogen) atoms. The van der Waals surface area contributed by atoms with Gasteiger partial charge in [-0.1, -0.05) is 30.7 Å². The van der Waals surface area contributed by atoms with Crippen molar-refractivity contribution in [2.45, 2.75) is 57.7 Å². The minimum absolute atomic E-state index is 0.00121. The van der Waals surface area contributed by atoms with Gasteiger partial charge in [-0.25, -0.2) is 0 Å². The van der Waals surface area contributed by atoms with Crippen LogP contribution in [0.1, 0.15) is 66.6 Å². The second-order valence-corrected chi connectivity index (χ2v) is 11.9. The number of aromatic hydroxyl groups is 1. The van der Waals surface area contributed by atoms with Crippen molar-refractivity contribution in [1.82, 2.24) is 0 Å². The molecule has 0 radical (unpaired) electrons. The highest BCUT2D eigenvalue weighted by Crippen LogP contribution is 2.55. The van der Waals surface area contributed by atoms with Crippen LogP contribution in [0.15, 0.2) is 69.9 Å². The highest BCUT2D eigenvalue weighted by molar-refractivity contribution is 6.25. The summed E-state index contributed by atoms with van der Waals surface area (Å²) in [6, 6.07) is 11.0. The Labute approximate surface area is 248 Å². The van der Waals surface area contributed by atoms with E-state index in [1.807, 2.05) is 30.3 Å². The topological polar surface area (TPSA) is 154 Å². The number of aliphatic hydroxyl groups excluding tert-OH is 2. The largest absolute Gasteiger partial charge is 0.508 e. The molecule has 4 aliphatic rings. The number of nitrogens with zero attached hydrogens (tertiary/aromatic N) is 1. The van der Waals surface area contributed by atoms with Gasteiger partial charge < -0.3 is 25.2 Å². The molecule has 0 aromatic heterocycles. The van der Waals surface area contributed by atoms with Crippen molar-refractivity contribution in [2.75, 3.05) is 7.11 Å². The molecule has 0 saturated heterocycles. The molecule has 2 aromatic carbocycles. The molecule has 222 valence electrons. The Balaban J connectivity index is 1.37. The molecular weight excluding hydrogens is 550 g/mol. The lowest BCUT2D eigenvalue weighted by molar-refractivity contribution is -0.153. The molecule has 4 N–H and O–H groups in total. The Morgan fingerprint density at radius 2 is 1.81 bits per heavy atom. The SMILES string of the molecule is COc1ccc(C2=CCC(Cc3ccc4c(c3O)C(=O)C3=C(O)C5(O)C(=O)C(C(C)=O)=C(C)CC5C(O)C3C4C)=N2)cc1. The summed E-state index contributed by atoms with van der Waals surface area (Å²) in [5.74, 6) is -5.37. The molecule has 5 unspecified atom stereocenters. The van der Waals surface area contributed by atoms with Gasteiger partial charge in [-0.3, -0.25) is 19.4 Å². The van der Waals surface area contributed by atoms with Crippen molar-refractivity contribution < 1.29 is 39.5 Å². The maximum atomic E-state index is 14.0. The number of hydrogen-bond donors (Lipinski definition) is 4. The van der Waals surface area contributed by atoms with Gasteiger partial charge in [0.2, 0.25) is 5.78 Å². The second kappa shape index (κ2) is 10.1. The third-order valence-electron chi connectivity index (χ3n) is 9.53. The number of aliphatic imine (C=N–C) groups is 1. The van der Waals surface area contributed by atoms with Gasteiger partial charge in [0, 0.05) is 47.1 Å². The fraction of sp³-hybridized carbons (Fsp3) is 0.353. The Bertz CT molecular complexity index is 1730. The quantitative estimate of drug-likeness (QED) is 0.383. The minimum atomic E-state index is -2.63. The monoisotopic (exact) mass is 583 g/mol. The van der Waals surface area contributed by atoms with E-state index < -0.39 is 52.6 Å². The number of methoxy groups -OCH3 is 1. The van der Waals surface area contributed by atoms with E-state index >= 15 is 0 Å². The normalized spacial score (nSPS) is 28.2. The standard InChI is InChI=1S/C34H33NO8/c1-15-13-23-30(38)26-16(2)22-11-7-19(14-20-8-12-24(35-20)18-5-9-21(43-4)10-6-18)29(37)27(22)31(39)28(26)33(41)34(23,42)32(40)25(15)17(3)36/h5-7,9-12,16,23,26,30,37-38,41-42H,8,13-14H2,1-4H3. The number of rotatable bonds is 5. The van der Waals surface area contributed by atoms with Crippen LogP contribution in [-0.4, -0.2) is 62.3 Å². The third-order valence-corrected chi connectivity index (χ3v) is 9.53. The first-order valence-electron chi connectivity index (χ1n) is 14.3. The first-order chi connectivity index (χ1) is 20.4. The Kier molecular flexibility index (Phi) is 6.78. The highest BCUT2D eigenvalue weighted by Gasteiger charge is 2.63. The van der Waals surface area contributed by atoms with Crippen molar-refractivity contribution >= 4 is 28.8 Å². The average molecular weight is 584 g/mol. The van der Waals surface area contributed by atoms with Crippen LogP contribution in [0.3, 0.4) is 0 Å². The van der Waals surface area contributed by atoms with E-state index in [9.17, 15) is 34.8 Å². The molecule has 9 heteroatoms. The first-order valence-corrected chi connectivity index (χ1v) is 14.3. The third kappa shape index (κ3) is 4.13. The van der Waals surface area contributed by atoms with Crippen LogP contribution < -0.4 is 4.74 Å². The molecule has 1 heterocycles. The van der Waals surface area contributed by atoms with Gasteiger partial charge in [0.1, 0.15) is 17.3 Å². The average Bonchev–Trinajstić information content (AvgIpc) is 3.44. The second-order valence-electron chi connectivity index (χ2n) is 11.9. The zero-order valence-corrected chi connectivity index (χ0v) is 24.3. The molecule has 0 saturated carbocycles. The summed E-state index contributed by atoms with van der Waals surface area (Å²) in [5, 5.41) is 46.0. The number of phenolic OH excluding ortho intramolecular Hbond substituents is 1. The first kappa shape index (κ1) is 28.8. The summed E-state index contributed by atoms with van der Waals surface area (Å²) in [5.41, 5.74) is 0.660. The lowest BCUT2D eigenvalue weighted by Crippen LogP contribution is -2.62. The molecule has 0 fully saturated rings. The van der Waals surface area contributed by atoms with Crippen LogP contribution in [0.25, 0.3) is 5.70 Å². The van der Waals surface area contributed by atoms with Crippen LogP contribution in [0, 0.1) is 11.8 Å². The number of hydrogen-bond acceptors (Lipinski definition) is 9. The van der Waals surface area contributed by atoms with Crippen molar-refractivity contribution in [3.05, 3.63) is 87.2 Å². The minimum Gasteiger partial charge on any atom is -0.508 e. The lowest BCUT2D eigenvalue weighted by Gasteiger charge is -2.50. The van der Waals surface area contributed by atoms with Crippen LogP contribution in [0.5, 0.6) is 11.5 Å². The maximum Gasteiger partial charge on any atom is 0.206 e. The fourth-order valence-corrected chi connectivity index (χ4v) is 7.32. The molecule has 1 aliphatic heterocycles. The fourth-order valence-electron chi connectivity index (χ4n) is 7.32. The summed E-state index contributed by atoms with van der Waals surface area (Å²) in [7, 11) is 1.60. The van der Waals surface area contributed by atoms with E-state index in [2.05, 4.69) is 0 Å². The molecular formula is C34H33NO8. The molecule has 3 aliphatic carbocycles. The molecule has 2 aromatic rings. The molecule has 6 rings (SSSR count). The van der Waals surface area contributed by atoms with E-state index in [1.165, 1.54) is 6.92 Å². The van der Waals surface area contributed by atoms with Gasteiger partial charge in [-0.15, -0.1) is 0 Å². The van der Waals surface area contributed by atoms with Crippen molar-refractivity contribution in [3.63, 3.8) is 0 Å². The number of carbonyl (C=O) groups is 3. The Morgan fingerprint density at radius 3 is 2.47 bits per heavy atom. The number of carbonyl (C=O) groups excluding carboxylic acids is 3. The van der Waals surface area contributed by atoms with Gasteiger partial charge >= 0.3 is 0 Å². The number of aliphatic hydroxyl groups is 3. The van der Waals surface area contributed by atoms with Crippen molar-refractivity contribution in [1.29, 1.82) is 0 Å². The number of Topliss-reactive ketones (excluding diaryl/α,β-unsaturated/α-hetero) is 3. The van der Waals surface area contributed by atoms with Gasteiger partial charge in [-0.2, -0.15) is 0 Å². The lowest BCUT2D eigenvalue weighted by atomic mass is 9.56. The Hall–Kier alpha value is -4.34. The maximum absolute atomic E-state index is 14.0. The zero-order chi connectivity index (χ0) is 31.0. The summed E-state index contributed by atoms with van der Waals surface area (Å²) in [4.78, 5) is 44.5. The predicted molar refractivity (Wildman–Crippen MR) is 158 cm³/mol. The van der Waals surface area contributed by atoms with Crippen molar-refractivity contribution in [2.24, 2.45) is 16.8 Å². The summed E-state index contributed by atoms with van der Waals surface area (Å²) < 4.78 is 5.22. The van der Waals surface area contributed by atoms with Gasteiger partial charge in [0.25, 0.3) is 0 Å². The number of phenols is 1. The van der Waals surface area contributed by atoms with Crippen LogP contribution >= 0.6 is 0 Å². The van der Waals surface area contributed by atoms with E-state index in [1.54, 1.807) is 33.1 Å². The summed E-state index contributed by atoms with van der Waals surface area (Å²) >= 11 is 0. The molecule has 5 atom stereocenters. The highest BCUT2D eigenvalue weighted by atomic mass is 16.5. The summed E-state index contributed by atoms with van der Waals surface area (Å²) in [6.45, 7) is 4.56. The number of ether oxygens (including phenoxy) is 1. The number of ketones is 3. The molecule has 0 bridgehead atoms. The van der Waals surface area contributed by atoms with Gasteiger partial charge in [0.05, 0.1) is 30.0 Å². The van der Waals surface area contributed by atoms with Crippen LogP contribution in [-0.2, 0) is 16.0 Å². The van der Waals surface area contributed by atoms with E-state index in [0.29, 0.717) is 23.1 Å². The van der Waals surface area contributed by atoms with Crippen molar-refractivity contribution in [3.8, 4) is 11.5 Å². The number of benzene rings is 2. The van der Waals surface area contributed by atoms with E-state index in [4.69, 9.17) is 9.73 Å². The van der Waals surface area contributed by atoms with Crippen LogP contribution in [0.4, 0.5) is 0 Å². The smallest absolute Gasteiger partial charge is 0.206 e. The predicted octanol–water partition coefficient (Wildman–Crippen LogP) is 4.16. The van der Waals surface area contributed by atoms with Gasteiger partial charge in [0.15, 0.2) is 17.2 Å². The van der Waals surface area contributed by atoms with E-state index in [-0.39, 0.29) is 35.3 Å². The molecule has 9 nitrogen and oxygen atoms in total. The molecule has 0 spiro atoms. The Morgan fingerprint density at radius 1 is 1.12 bits per heavy atom. The molecule has 0 amide bonds. The van der Waals surface area contributed by atoms with Crippen LogP contribution in [0.2, 0.25) is 0 Å². The summed E-state index contributed by atoms with van der Waals surface area (Å²) in [6.07, 6.45) is 1.45. The van der Waals surface area contributed by atoms with Gasteiger partial charge in [-0.05, 0) is 56.0 Å².